The molecule has 7 aromatic rings. The maximum atomic E-state index is 2.48. The highest BCUT2D eigenvalue weighted by molar-refractivity contribution is 6.12. The lowest BCUT2D eigenvalue weighted by molar-refractivity contribution is 1.28. The van der Waals surface area contributed by atoms with E-state index in [4.69, 9.17) is 0 Å². The molecule has 0 aliphatic rings. The van der Waals surface area contributed by atoms with Gasteiger partial charge in [-0.05, 0) is 49.2 Å². The molecule has 3 heterocycles. The van der Waals surface area contributed by atoms with E-state index in [0.29, 0.717) is 0 Å². The van der Waals surface area contributed by atoms with Gasteiger partial charge in [-0.1, -0.05) is 72.8 Å². The van der Waals surface area contributed by atoms with Gasteiger partial charge in [-0.25, -0.2) is 0 Å². The highest BCUT2D eigenvalue weighted by Gasteiger charge is 2.18. The zero-order valence-corrected chi connectivity index (χ0v) is 18.1. The van der Waals surface area contributed by atoms with Crippen LogP contribution in [0.2, 0.25) is 0 Å². The molecule has 0 unspecified atom stereocenters. The van der Waals surface area contributed by atoms with Crippen molar-refractivity contribution in [3.8, 4) is 0 Å². The van der Waals surface area contributed by atoms with Crippen LogP contribution in [0, 0.1) is 13.8 Å². The number of rotatable bonds is 0. The Morgan fingerprint density at radius 3 is 1.03 bits per heavy atom. The predicted molar refractivity (Wildman–Crippen MR) is 137 cm³/mol. The van der Waals surface area contributed by atoms with E-state index in [-0.39, 0.29) is 0 Å². The summed E-state index contributed by atoms with van der Waals surface area (Å²) in [6, 6.07) is 35.2. The van der Waals surface area contributed by atoms with Crippen molar-refractivity contribution in [1.82, 2.24) is 8.80 Å². The Hall–Kier alpha value is -4.04. The topological polar surface area (TPSA) is 8.82 Å². The van der Waals surface area contributed by atoms with Crippen LogP contribution in [0.15, 0.2) is 97.1 Å². The van der Waals surface area contributed by atoms with Crippen LogP contribution >= 0.6 is 0 Å². The highest BCUT2D eigenvalue weighted by atomic mass is 15.0. The van der Waals surface area contributed by atoms with Gasteiger partial charge in [-0.2, -0.15) is 0 Å². The number of nitrogens with zero attached hydrogens (tertiary/aromatic N) is 2. The minimum Gasteiger partial charge on any atom is -0.307 e. The number of hydrogen-bond donors (Lipinski definition) is 0. The molecule has 0 radical (unpaired) electrons. The van der Waals surface area contributed by atoms with Crippen LogP contribution in [0.3, 0.4) is 0 Å². The van der Waals surface area contributed by atoms with E-state index in [9.17, 15) is 0 Å². The lowest BCUT2D eigenvalue weighted by atomic mass is 10.1. The summed E-state index contributed by atoms with van der Waals surface area (Å²) >= 11 is 0. The Morgan fingerprint density at radius 2 is 0.656 bits per heavy atom. The Labute approximate surface area is 185 Å². The number of fused-ring (bicyclic) bond motifs is 12. The molecule has 0 amide bonds. The maximum Gasteiger partial charge on any atom is 0.0742 e. The van der Waals surface area contributed by atoms with Crippen LogP contribution in [-0.2, 0) is 0 Å². The van der Waals surface area contributed by atoms with Gasteiger partial charge < -0.3 is 8.80 Å². The summed E-state index contributed by atoms with van der Waals surface area (Å²) in [7, 11) is 0. The quantitative estimate of drug-likeness (QED) is 0.240. The fourth-order valence-electron chi connectivity index (χ4n) is 5.66. The van der Waals surface area contributed by atoms with E-state index in [1.807, 2.05) is 0 Å². The summed E-state index contributed by atoms with van der Waals surface area (Å²) in [5, 5.41) is 5.12. The maximum absolute atomic E-state index is 2.48. The lowest BCUT2D eigenvalue weighted by Crippen LogP contribution is -1.94. The third-order valence-corrected chi connectivity index (χ3v) is 7.06. The minimum absolute atomic E-state index is 1.23. The largest absolute Gasteiger partial charge is 0.307 e. The fraction of sp³-hybridized carbons (Fsp3) is 0.0667. The standard InChI is InChI=1S/C30H22N2/c1-19-21-11-3-7-15-25(21)31-27-17-9-5-13-23(27)24-14-6-10-18-28(24)32-26-16-8-4-12-22(26)20(2)30(32)29(19)31/h3-18H,1-2H3. The van der Waals surface area contributed by atoms with Crippen LogP contribution in [0.4, 0.5) is 0 Å². The highest BCUT2D eigenvalue weighted by Crippen LogP contribution is 2.38. The molecule has 4 aromatic carbocycles. The van der Waals surface area contributed by atoms with Crippen molar-refractivity contribution < 1.29 is 0 Å². The monoisotopic (exact) mass is 410 g/mol. The summed E-state index contributed by atoms with van der Waals surface area (Å²) in [6.07, 6.45) is 0. The molecule has 0 saturated heterocycles. The first kappa shape index (κ1) is 17.6. The molecule has 0 bridgehead atoms. The number of para-hydroxylation sites is 4. The third-order valence-electron chi connectivity index (χ3n) is 7.06. The van der Waals surface area contributed by atoms with Crippen molar-refractivity contribution in [2.24, 2.45) is 0 Å². The first-order valence-electron chi connectivity index (χ1n) is 11.2. The second-order valence-corrected chi connectivity index (χ2v) is 8.69. The van der Waals surface area contributed by atoms with Crippen molar-refractivity contribution in [2.75, 3.05) is 0 Å². The van der Waals surface area contributed by atoms with Gasteiger partial charge in [0.25, 0.3) is 0 Å². The summed E-state index contributed by atoms with van der Waals surface area (Å²) in [4.78, 5) is 0. The fourth-order valence-corrected chi connectivity index (χ4v) is 5.66. The van der Waals surface area contributed by atoms with E-state index < -0.39 is 0 Å². The molecule has 0 spiro atoms. The van der Waals surface area contributed by atoms with Gasteiger partial charge >= 0.3 is 0 Å². The van der Waals surface area contributed by atoms with Crippen LogP contribution in [0.5, 0.6) is 0 Å². The van der Waals surface area contributed by atoms with Gasteiger partial charge in [0.2, 0.25) is 0 Å². The van der Waals surface area contributed by atoms with E-state index in [1.54, 1.807) is 0 Å². The predicted octanol–water partition coefficient (Wildman–Crippen LogP) is 7.98. The van der Waals surface area contributed by atoms with Gasteiger partial charge in [0.15, 0.2) is 0 Å². The first-order chi connectivity index (χ1) is 15.8. The summed E-state index contributed by atoms with van der Waals surface area (Å²) in [5.74, 6) is 0. The molecule has 3 aromatic heterocycles. The molecule has 0 aliphatic carbocycles. The van der Waals surface area contributed by atoms with Crippen molar-refractivity contribution in [3.63, 3.8) is 0 Å². The van der Waals surface area contributed by atoms with Gasteiger partial charge in [0, 0.05) is 21.5 Å². The normalized spacial score (nSPS) is 12.1. The Morgan fingerprint density at radius 1 is 0.375 bits per heavy atom. The van der Waals surface area contributed by atoms with E-state index >= 15 is 0 Å². The molecular formula is C30H22N2. The van der Waals surface area contributed by atoms with E-state index in [0.717, 1.165) is 0 Å². The second-order valence-electron chi connectivity index (χ2n) is 8.69. The van der Waals surface area contributed by atoms with Gasteiger partial charge in [0.05, 0.1) is 33.1 Å². The molecular weight excluding hydrogens is 388 g/mol. The van der Waals surface area contributed by atoms with Gasteiger partial charge in [-0.15, -0.1) is 0 Å². The van der Waals surface area contributed by atoms with Crippen molar-refractivity contribution in [2.45, 2.75) is 13.8 Å². The number of hydrogen-bond acceptors (Lipinski definition) is 0. The summed E-state index contributed by atoms with van der Waals surface area (Å²) < 4.78 is 4.96. The molecule has 152 valence electrons. The molecule has 0 N–H and O–H groups in total. The summed E-state index contributed by atoms with van der Waals surface area (Å²) in [5.41, 5.74) is 10.2. The Bertz CT molecular complexity index is 1760. The second kappa shape index (κ2) is 6.24. The molecule has 7 rings (SSSR count). The van der Waals surface area contributed by atoms with Gasteiger partial charge in [0.1, 0.15) is 0 Å². The Balaban J connectivity index is 2.04. The molecule has 0 fully saturated rings. The molecule has 0 aliphatic heterocycles. The molecule has 0 atom stereocenters. The SMILES string of the molecule is Cc1c2ccccc2n2c3ccccc3c3ccccc3n3c4ccccc4c(C)c3c12. The molecule has 2 nitrogen and oxygen atoms in total. The van der Waals surface area contributed by atoms with E-state index in [1.165, 1.54) is 65.8 Å². The molecule has 2 heteroatoms. The van der Waals surface area contributed by atoms with Crippen molar-refractivity contribution >= 4 is 54.6 Å². The average molecular weight is 411 g/mol. The number of benzene rings is 4. The van der Waals surface area contributed by atoms with Crippen LogP contribution in [0.1, 0.15) is 11.1 Å². The van der Waals surface area contributed by atoms with Crippen LogP contribution in [-0.4, -0.2) is 8.80 Å². The number of aromatic nitrogens is 2. The molecule has 32 heavy (non-hydrogen) atoms. The zero-order chi connectivity index (χ0) is 21.4. The average Bonchev–Trinajstić information content (AvgIpc) is 3.29. The minimum atomic E-state index is 1.23. The summed E-state index contributed by atoms with van der Waals surface area (Å²) in [6.45, 7) is 4.54. The zero-order valence-electron chi connectivity index (χ0n) is 18.1. The Kier molecular flexibility index (Phi) is 3.44. The lowest BCUT2D eigenvalue weighted by Gasteiger charge is -2.10. The smallest absolute Gasteiger partial charge is 0.0742 e. The van der Waals surface area contributed by atoms with E-state index in [2.05, 4.69) is 120 Å². The van der Waals surface area contributed by atoms with Crippen LogP contribution < -0.4 is 0 Å². The van der Waals surface area contributed by atoms with Crippen LogP contribution in [0.25, 0.3) is 54.6 Å². The van der Waals surface area contributed by atoms with Crippen molar-refractivity contribution in [1.29, 1.82) is 0 Å². The van der Waals surface area contributed by atoms with Crippen molar-refractivity contribution in [3.05, 3.63) is 108 Å². The first-order valence-corrected chi connectivity index (χ1v) is 11.2. The third kappa shape index (κ3) is 2.09. The van der Waals surface area contributed by atoms with Gasteiger partial charge in [-0.3, -0.25) is 0 Å². The number of aryl methyl sites for hydroxylation is 2. The molecule has 0 saturated carbocycles.